The van der Waals surface area contributed by atoms with Gasteiger partial charge in [-0.3, -0.25) is 14.3 Å². The summed E-state index contributed by atoms with van der Waals surface area (Å²) in [6.45, 7) is 3.81. The third kappa shape index (κ3) is 5.19. The highest BCUT2D eigenvalue weighted by Gasteiger charge is 2.26. The second-order valence-electron chi connectivity index (χ2n) is 8.03. The van der Waals surface area contributed by atoms with Crippen molar-refractivity contribution in [3.05, 3.63) is 60.0 Å². The molecule has 2 aromatic heterocycles. The van der Waals surface area contributed by atoms with E-state index in [-0.39, 0.29) is 6.04 Å². The first-order chi connectivity index (χ1) is 15.8. The zero-order valence-electron chi connectivity index (χ0n) is 19.0. The lowest BCUT2D eigenvalue weighted by Crippen LogP contribution is -2.43. The lowest BCUT2D eigenvalue weighted by atomic mass is 10.0. The highest BCUT2D eigenvalue weighted by molar-refractivity contribution is 5.79. The predicted octanol–water partition coefficient (Wildman–Crippen LogP) is 2.67. The third-order valence-corrected chi connectivity index (χ3v) is 6.02. The fraction of sp³-hybridized carbons (Fsp3) is 0.458. The number of ether oxygens (including phenoxy) is 1. The van der Waals surface area contributed by atoms with Crippen LogP contribution < -0.4 is 15.4 Å². The molecule has 3 heterocycles. The van der Waals surface area contributed by atoms with E-state index in [2.05, 4.69) is 42.9 Å². The number of hydrogen-bond acceptors (Lipinski definition) is 5. The number of pyridine rings is 1. The van der Waals surface area contributed by atoms with Crippen LogP contribution in [0.3, 0.4) is 0 Å². The monoisotopic (exact) mass is 435 g/mol. The number of para-hydroxylation sites is 1. The lowest BCUT2D eigenvalue weighted by molar-refractivity contribution is 0.239. The van der Waals surface area contributed by atoms with Crippen LogP contribution in [0.2, 0.25) is 0 Å². The number of rotatable bonds is 9. The largest absolute Gasteiger partial charge is 0.496 e. The van der Waals surface area contributed by atoms with E-state index in [9.17, 15) is 0 Å². The van der Waals surface area contributed by atoms with E-state index in [0.29, 0.717) is 0 Å². The Balaban J connectivity index is 1.31. The summed E-state index contributed by atoms with van der Waals surface area (Å²) in [4.78, 5) is 6.96. The van der Waals surface area contributed by atoms with Gasteiger partial charge >= 0.3 is 0 Å². The van der Waals surface area contributed by atoms with Crippen molar-refractivity contribution < 1.29 is 4.74 Å². The van der Waals surface area contributed by atoms with Gasteiger partial charge in [-0.15, -0.1) is 10.2 Å². The molecule has 0 spiro atoms. The molecule has 0 bridgehead atoms. The minimum absolute atomic E-state index is 0.245. The molecule has 1 saturated heterocycles. The molecule has 1 aliphatic rings. The normalized spacial score (nSPS) is 15.8. The van der Waals surface area contributed by atoms with E-state index in [1.807, 2.05) is 48.0 Å². The maximum atomic E-state index is 5.65. The van der Waals surface area contributed by atoms with Crippen LogP contribution in [0, 0.1) is 0 Å². The zero-order valence-corrected chi connectivity index (χ0v) is 19.0. The van der Waals surface area contributed by atoms with E-state index < -0.39 is 0 Å². The van der Waals surface area contributed by atoms with Crippen molar-refractivity contribution in [3.8, 4) is 5.75 Å². The van der Waals surface area contributed by atoms with Crippen LogP contribution in [0.25, 0.3) is 5.65 Å². The lowest BCUT2D eigenvalue weighted by Gasteiger charge is -2.30. The van der Waals surface area contributed by atoms with Crippen LogP contribution >= 0.6 is 0 Å². The second kappa shape index (κ2) is 10.9. The minimum Gasteiger partial charge on any atom is -0.496 e. The molecular formula is C24H33N7O. The van der Waals surface area contributed by atoms with Crippen molar-refractivity contribution in [2.24, 2.45) is 4.99 Å². The summed E-state index contributed by atoms with van der Waals surface area (Å²) in [6, 6.07) is 14.5. The first-order valence-corrected chi connectivity index (χ1v) is 11.4. The highest BCUT2D eigenvalue weighted by Crippen LogP contribution is 2.31. The fourth-order valence-corrected chi connectivity index (χ4v) is 4.36. The number of likely N-dealkylation sites (tertiary alicyclic amines) is 1. The molecule has 32 heavy (non-hydrogen) atoms. The number of hydrogen-bond donors (Lipinski definition) is 2. The molecule has 0 amide bonds. The fourth-order valence-electron chi connectivity index (χ4n) is 4.36. The van der Waals surface area contributed by atoms with E-state index in [1.54, 1.807) is 7.11 Å². The first-order valence-electron chi connectivity index (χ1n) is 11.4. The Kier molecular flexibility index (Phi) is 7.55. The molecule has 1 atom stereocenters. The van der Waals surface area contributed by atoms with Gasteiger partial charge in [0.1, 0.15) is 11.6 Å². The topological polar surface area (TPSA) is 79.1 Å². The predicted molar refractivity (Wildman–Crippen MR) is 127 cm³/mol. The van der Waals surface area contributed by atoms with Gasteiger partial charge in [0, 0.05) is 38.3 Å². The van der Waals surface area contributed by atoms with Gasteiger partial charge in [-0.25, -0.2) is 0 Å². The number of methoxy groups -OCH3 is 1. The van der Waals surface area contributed by atoms with Gasteiger partial charge in [-0.05, 0) is 50.6 Å². The van der Waals surface area contributed by atoms with Crippen LogP contribution in [-0.4, -0.2) is 65.8 Å². The number of nitrogens with zero attached hydrogens (tertiary/aromatic N) is 5. The van der Waals surface area contributed by atoms with Gasteiger partial charge in [0.05, 0.1) is 13.2 Å². The molecule has 1 aromatic carbocycles. The van der Waals surface area contributed by atoms with Gasteiger partial charge in [-0.2, -0.15) is 0 Å². The van der Waals surface area contributed by atoms with E-state index in [1.165, 1.54) is 18.4 Å². The number of guanidine groups is 1. The molecule has 1 aliphatic heterocycles. The Morgan fingerprint density at radius 3 is 2.72 bits per heavy atom. The van der Waals surface area contributed by atoms with E-state index >= 15 is 0 Å². The SMILES string of the molecule is CN=C(NCCCc1nnc2ccccn12)NCC(c1ccccc1OC)N1CCCC1. The average Bonchev–Trinajstić information content (AvgIpc) is 3.51. The smallest absolute Gasteiger partial charge is 0.191 e. The third-order valence-electron chi connectivity index (χ3n) is 6.02. The van der Waals surface area contributed by atoms with Gasteiger partial charge in [0.25, 0.3) is 0 Å². The quantitative estimate of drug-likeness (QED) is 0.306. The summed E-state index contributed by atoms with van der Waals surface area (Å²) < 4.78 is 7.69. The molecule has 3 aromatic rings. The molecule has 1 unspecified atom stereocenters. The van der Waals surface area contributed by atoms with Crippen molar-refractivity contribution in [1.82, 2.24) is 30.1 Å². The molecular weight excluding hydrogens is 402 g/mol. The van der Waals surface area contributed by atoms with Crippen molar-refractivity contribution in [1.29, 1.82) is 0 Å². The van der Waals surface area contributed by atoms with Crippen LogP contribution in [0.4, 0.5) is 0 Å². The molecule has 0 saturated carbocycles. The highest BCUT2D eigenvalue weighted by atomic mass is 16.5. The van der Waals surface area contributed by atoms with E-state index in [4.69, 9.17) is 4.74 Å². The van der Waals surface area contributed by atoms with Crippen molar-refractivity contribution in [2.45, 2.75) is 31.7 Å². The molecule has 0 aliphatic carbocycles. The van der Waals surface area contributed by atoms with Crippen molar-refractivity contribution in [3.63, 3.8) is 0 Å². The van der Waals surface area contributed by atoms with Crippen molar-refractivity contribution >= 4 is 11.6 Å². The van der Waals surface area contributed by atoms with Crippen LogP contribution in [0.1, 0.15) is 36.7 Å². The number of aliphatic imine (C=N–C) groups is 1. The summed E-state index contributed by atoms with van der Waals surface area (Å²) in [5.41, 5.74) is 2.11. The van der Waals surface area contributed by atoms with Crippen LogP contribution in [0.15, 0.2) is 53.7 Å². The van der Waals surface area contributed by atoms with Crippen molar-refractivity contribution in [2.75, 3.05) is 40.3 Å². The number of aromatic nitrogens is 3. The number of nitrogens with one attached hydrogen (secondary N) is 2. The summed E-state index contributed by atoms with van der Waals surface area (Å²) in [5, 5.41) is 15.5. The Labute approximate surface area is 189 Å². The summed E-state index contributed by atoms with van der Waals surface area (Å²) in [5.74, 6) is 2.74. The molecule has 4 rings (SSSR count). The molecule has 8 nitrogen and oxygen atoms in total. The summed E-state index contributed by atoms with van der Waals surface area (Å²) in [7, 11) is 3.56. The minimum atomic E-state index is 0.245. The Morgan fingerprint density at radius 1 is 1.09 bits per heavy atom. The van der Waals surface area contributed by atoms with Crippen LogP contribution in [-0.2, 0) is 6.42 Å². The second-order valence-corrected chi connectivity index (χ2v) is 8.03. The molecule has 1 fully saturated rings. The Hall–Kier alpha value is -3.13. The first kappa shape index (κ1) is 22.1. The van der Waals surface area contributed by atoms with Gasteiger partial charge in [0.15, 0.2) is 11.6 Å². The number of aryl methyl sites for hydroxylation is 1. The summed E-state index contributed by atoms with van der Waals surface area (Å²) >= 11 is 0. The van der Waals surface area contributed by atoms with Gasteiger partial charge in [-0.1, -0.05) is 24.3 Å². The zero-order chi connectivity index (χ0) is 22.2. The van der Waals surface area contributed by atoms with Gasteiger partial charge in [0.2, 0.25) is 0 Å². The average molecular weight is 436 g/mol. The number of benzene rings is 1. The Morgan fingerprint density at radius 2 is 1.91 bits per heavy atom. The molecule has 2 N–H and O–H groups in total. The van der Waals surface area contributed by atoms with Crippen LogP contribution in [0.5, 0.6) is 5.75 Å². The Bertz CT molecular complexity index is 1030. The molecule has 8 heteroatoms. The number of fused-ring (bicyclic) bond motifs is 1. The molecule has 170 valence electrons. The van der Waals surface area contributed by atoms with E-state index in [0.717, 1.165) is 62.2 Å². The molecule has 0 radical (unpaired) electrons. The maximum absolute atomic E-state index is 5.65. The standard InChI is InChI=1S/C24H33N7O/c1-25-24(26-14-9-13-23-29-28-22-12-5-6-17-31(22)23)27-18-20(30-15-7-8-16-30)19-10-3-4-11-21(19)32-2/h3-6,10-12,17,20H,7-9,13-16,18H2,1-2H3,(H2,25,26,27). The maximum Gasteiger partial charge on any atom is 0.191 e. The summed E-state index contributed by atoms with van der Waals surface area (Å²) in [6.07, 6.45) is 6.30. The van der Waals surface area contributed by atoms with Gasteiger partial charge < -0.3 is 15.4 Å².